The van der Waals surface area contributed by atoms with Crippen molar-refractivity contribution in [2.24, 2.45) is 0 Å². The van der Waals surface area contributed by atoms with Crippen LogP contribution in [0.4, 0.5) is 11.5 Å². The highest BCUT2D eigenvalue weighted by atomic mass is 32.2. The molecule has 0 radical (unpaired) electrons. The summed E-state index contributed by atoms with van der Waals surface area (Å²) >= 11 is 0. The Kier molecular flexibility index (Phi) is 13.9. The molecule has 0 aliphatic heterocycles. The second-order valence-electron chi connectivity index (χ2n) is 9.99. The van der Waals surface area contributed by atoms with Crippen LogP contribution in [0.25, 0.3) is 10.8 Å². The molecule has 0 spiro atoms. The second kappa shape index (κ2) is 17.0. The molecule has 10 nitrogen and oxygen atoms in total. The van der Waals surface area contributed by atoms with E-state index >= 15 is 0 Å². The number of amides is 2. The maximum Gasteiger partial charge on any atom is 0.258 e. The van der Waals surface area contributed by atoms with Crippen molar-refractivity contribution >= 4 is 43.9 Å². The van der Waals surface area contributed by atoms with Crippen molar-refractivity contribution in [3.63, 3.8) is 0 Å². The average molecular weight is 624 g/mol. The second-order valence-corrected chi connectivity index (χ2v) is 12.1. The lowest BCUT2D eigenvalue weighted by atomic mass is 9.98. The summed E-state index contributed by atoms with van der Waals surface area (Å²) < 4.78 is 29.8. The summed E-state index contributed by atoms with van der Waals surface area (Å²) in [6.45, 7) is 13.2. The number of nitrogen functional groups attached to an aromatic ring is 1. The van der Waals surface area contributed by atoms with Crippen molar-refractivity contribution in [2.45, 2.75) is 54.5 Å². The van der Waals surface area contributed by atoms with Crippen LogP contribution < -0.4 is 26.4 Å². The van der Waals surface area contributed by atoms with E-state index in [2.05, 4.69) is 20.9 Å². The predicted octanol–water partition coefficient (Wildman–Crippen LogP) is 5.14. The molecule has 0 bridgehead atoms. The maximum absolute atomic E-state index is 13.6. The van der Waals surface area contributed by atoms with Gasteiger partial charge < -0.3 is 26.4 Å². The average Bonchev–Trinajstić information content (AvgIpc) is 2.99. The van der Waals surface area contributed by atoms with Crippen LogP contribution in [0, 0.1) is 13.8 Å². The van der Waals surface area contributed by atoms with Crippen LogP contribution in [-0.4, -0.2) is 50.7 Å². The standard InChI is InChI=1S/C31H39N5O5S.C2H6/c1-6-8-12-33-27(37)18-41-29-21(4)14-24(15-22(29)5)28(31(38)35-17-20(3)19-42(39,40)7-2)36-25-9-10-26-23(16-25)11-13-34-30(26)32;1-2/h6,8-11,13-16,19,28,36H,7,12,17-18H2,1-5H3,(H2,32,34)(H,33,37)(H,35,38);1-2H3/b8-6-,20-19+;. The predicted molar refractivity (Wildman–Crippen MR) is 179 cm³/mol. The van der Waals surface area contributed by atoms with Crippen molar-refractivity contribution in [1.82, 2.24) is 15.6 Å². The Morgan fingerprint density at radius 3 is 2.39 bits per heavy atom. The number of nitrogens with zero attached hydrogens (tertiary/aromatic N) is 1. The number of benzene rings is 2. The smallest absolute Gasteiger partial charge is 0.258 e. The Morgan fingerprint density at radius 1 is 1.07 bits per heavy atom. The first-order valence-electron chi connectivity index (χ1n) is 14.6. The zero-order chi connectivity index (χ0) is 32.9. The number of sulfone groups is 1. The van der Waals surface area contributed by atoms with E-state index in [-0.39, 0.29) is 30.7 Å². The Hall–Kier alpha value is -4.38. The van der Waals surface area contributed by atoms with Gasteiger partial charge in [-0.3, -0.25) is 9.59 Å². The quantitative estimate of drug-likeness (QED) is 0.191. The molecule has 2 aromatic carbocycles. The van der Waals surface area contributed by atoms with Crippen molar-refractivity contribution in [3.8, 4) is 5.75 Å². The largest absolute Gasteiger partial charge is 0.483 e. The molecular weight excluding hydrogens is 578 g/mol. The van der Waals surface area contributed by atoms with Crippen LogP contribution in [0.1, 0.15) is 57.4 Å². The van der Waals surface area contributed by atoms with Gasteiger partial charge >= 0.3 is 0 Å². The molecule has 2 amide bonds. The summed E-state index contributed by atoms with van der Waals surface area (Å²) in [5, 5.41) is 11.8. The highest BCUT2D eigenvalue weighted by Gasteiger charge is 2.23. The van der Waals surface area contributed by atoms with Gasteiger partial charge in [0.25, 0.3) is 5.91 Å². The van der Waals surface area contributed by atoms with Crippen molar-refractivity contribution < 1.29 is 22.7 Å². The SMILES string of the molecule is C/C=C\CNC(=O)COc1c(C)cc(C(Nc2ccc3c(N)nccc3c2)C(=O)NC/C(C)=C/S(=O)(=O)CC)cc1C.CC. The number of nitrogens with one attached hydrogen (secondary N) is 3. The first-order chi connectivity index (χ1) is 20.9. The molecule has 1 unspecified atom stereocenters. The van der Waals surface area contributed by atoms with Gasteiger partial charge in [-0.25, -0.2) is 13.4 Å². The summed E-state index contributed by atoms with van der Waals surface area (Å²) in [4.78, 5) is 29.8. The number of hydrogen-bond donors (Lipinski definition) is 4. The van der Waals surface area contributed by atoms with Gasteiger partial charge in [0.2, 0.25) is 5.91 Å². The molecule has 0 aliphatic carbocycles. The van der Waals surface area contributed by atoms with Crippen molar-refractivity contribution in [1.29, 1.82) is 0 Å². The Morgan fingerprint density at radius 2 is 1.75 bits per heavy atom. The minimum absolute atomic E-state index is 0.0190. The molecule has 0 aliphatic rings. The topological polar surface area (TPSA) is 153 Å². The summed E-state index contributed by atoms with van der Waals surface area (Å²) in [5.74, 6) is 0.373. The first-order valence-corrected chi connectivity index (χ1v) is 16.4. The van der Waals surface area contributed by atoms with E-state index in [0.29, 0.717) is 34.9 Å². The number of aromatic nitrogens is 1. The van der Waals surface area contributed by atoms with Gasteiger partial charge in [0.15, 0.2) is 16.4 Å². The molecular formula is C33H45N5O5S. The van der Waals surface area contributed by atoms with Gasteiger partial charge in [0, 0.05) is 35.8 Å². The summed E-state index contributed by atoms with van der Waals surface area (Å²) in [5.41, 5.74) is 9.39. The molecule has 44 heavy (non-hydrogen) atoms. The number of nitrogens with two attached hydrogens (primary N) is 1. The number of aryl methyl sites for hydroxylation is 2. The van der Waals surface area contributed by atoms with Gasteiger partial charge in [-0.1, -0.05) is 32.9 Å². The summed E-state index contributed by atoms with van der Waals surface area (Å²) in [6.07, 6.45) is 5.31. The zero-order valence-electron chi connectivity index (χ0n) is 26.7. The molecule has 0 saturated carbocycles. The Bertz CT molecular complexity index is 1590. The summed E-state index contributed by atoms with van der Waals surface area (Å²) in [7, 11) is -3.34. The fourth-order valence-corrected chi connectivity index (χ4v) is 5.24. The minimum atomic E-state index is -3.34. The van der Waals surface area contributed by atoms with E-state index in [4.69, 9.17) is 10.5 Å². The van der Waals surface area contributed by atoms with Gasteiger partial charge in [-0.05, 0) is 91.7 Å². The van der Waals surface area contributed by atoms with E-state index < -0.39 is 15.9 Å². The van der Waals surface area contributed by atoms with Gasteiger partial charge in [-0.2, -0.15) is 0 Å². The summed E-state index contributed by atoms with van der Waals surface area (Å²) in [6, 6.07) is 10.2. The first kappa shape index (κ1) is 35.8. The molecule has 1 aromatic heterocycles. The highest BCUT2D eigenvalue weighted by Crippen LogP contribution is 2.31. The van der Waals surface area contributed by atoms with Gasteiger partial charge in [0.1, 0.15) is 17.6 Å². The molecule has 1 heterocycles. The number of carbonyl (C=O) groups is 2. The third-order valence-corrected chi connectivity index (χ3v) is 8.08. The number of carbonyl (C=O) groups excluding carboxylic acids is 2. The van der Waals surface area contributed by atoms with E-state index in [9.17, 15) is 18.0 Å². The lowest BCUT2D eigenvalue weighted by Crippen LogP contribution is -2.34. The van der Waals surface area contributed by atoms with Crippen LogP contribution in [0.2, 0.25) is 0 Å². The molecule has 238 valence electrons. The number of ether oxygens (including phenoxy) is 1. The third kappa shape index (κ3) is 10.4. The Balaban J connectivity index is 0.00000330. The van der Waals surface area contributed by atoms with Gasteiger partial charge in [0.05, 0.1) is 5.75 Å². The molecule has 0 saturated heterocycles. The number of allylic oxidation sites excluding steroid dienone is 1. The zero-order valence-corrected chi connectivity index (χ0v) is 27.5. The lowest BCUT2D eigenvalue weighted by molar-refractivity contribution is -0.123. The number of rotatable bonds is 13. The van der Waals surface area contributed by atoms with E-state index in [1.54, 1.807) is 20.0 Å². The molecule has 3 rings (SSSR count). The van der Waals surface area contributed by atoms with Crippen LogP contribution in [-0.2, 0) is 19.4 Å². The molecule has 0 fully saturated rings. The number of hydrogen-bond acceptors (Lipinski definition) is 8. The highest BCUT2D eigenvalue weighted by molar-refractivity contribution is 7.94. The van der Waals surface area contributed by atoms with Gasteiger partial charge in [-0.15, -0.1) is 0 Å². The fourth-order valence-electron chi connectivity index (χ4n) is 4.38. The number of pyridine rings is 1. The van der Waals surface area contributed by atoms with E-state index in [1.165, 1.54) is 5.41 Å². The van der Waals surface area contributed by atoms with Crippen LogP contribution in [0.15, 0.2) is 65.7 Å². The maximum atomic E-state index is 13.6. The monoisotopic (exact) mass is 623 g/mol. The molecule has 5 N–H and O–H groups in total. The molecule has 1 atom stereocenters. The Labute approximate surface area is 261 Å². The van der Waals surface area contributed by atoms with E-state index in [0.717, 1.165) is 21.9 Å². The van der Waals surface area contributed by atoms with E-state index in [1.807, 2.05) is 83.2 Å². The molecule has 3 aromatic rings. The van der Waals surface area contributed by atoms with Crippen molar-refractivity contribution in [2.75, 3.05) is 36.5 Å². The number of fused-ring (bicyclic) bond motifs is 1. The third-order valence-electron chi connectivity index (χ3n) is 6.51. The van der Waals surface area contributed by atoms with Crippen LogP contribution >= 0.6 is 0 Å². The normalized spacial score (nSPS) is 12.3. The van der Waals surface area contributed by atoms with Crippen molar-refractivity contribution in [3.05, 3.63) is 82.4 Å². The molecule has 11 heteroatoms. The minimum Gasteiger partial charge on any atom is -0.483 e. The lowest BCUT2D eigenvalue weighted by Gasteiger charge is -2.23. The number of anilines is 2. The van der Waals surface area contributed by atoms with Crippen LogP contribution in [0.3, 0.4) is 0 Å². The fraction of sp³-hybridized carbons (Fsp3) is 0.364. The van der Waals surface area contributed by atoms with Crippen LogP contribution in [0.5, 0.6) is 5.75 Å².